The molecule has 1 N–H and O–H groups in total. The third-order valence-corrected chi connectivity index (χ3v) is 3.98. The highest BCUT2D eigenvalue weighted by Gasteiger charge is 2.13. The molecule has 7 nitrogen and oxygen atoms in total. The van der Waals surface area contributed by atoms with Crippen LogP contribution in [0.1, 0.15) is 36.0 Å². The Hall–Kier alpha value is -3.06. The standard InChI is InChI=1S/C19H17ClN2O5/c20-14-9-7-13(8-10-14)18(24)12-17(23)5-2-6-19(25)21-15-3-1-4-16(11-15)22(26)27/h1,3-4,7-11H,2,5-6,12H2,(H,21,25). The van der Waals surface area contributed by atoms with Gasteiger partial charge in [0.15, 0.2) is 5.78 Å². The van der Waals surface area contributed by atoms with Crippen LogP contribution in [-0.4, -0.2) is 22.4 Å². The number of rotatable bonds is 9. The molecule has 1 amide bonds. The molecule has 0 aliphatic carbocycles. The monoisotopic (exact) mass is 388 g/mol. The number of Topliss-reactive ketones (excluding diaryl/α,β-unsaturated/α-hetero) is 2. The van der Waals surface area contributed by atoms with Crippen molar-refractivity contribution in [3.63, 3.8) is 0 Å². The second kappa shape index (κ2) is 9.59. The van der Waals surface area contributed by atoms with E-state index in [-0.39, 0.29) is 48.8 Å². The zero-order valence-electron chi connectivity index (χ0n) is 14.3. The lowest BCUT2D eigenvalue weighted by molar-refractivity contribution is -0.384. The molecule has 0 unspecified atom stereocenters. The van der Waals surface area contributed by atoms with Crippen molar-refractivity contribution in [2.24, 2.45) is 0 Å². The number of non-ortho nitro benzene ring substituents is 1. The predicted molar refractivity (Wildman–Crippen MR) is 101 cm³/mol. The zero-order chi connectivity index (χ0) is 19.8. The molecule has 27 heavy (non-hydrogen) atoms. The first-order chi connectivity index (χ1) is 12.8. The third kappa shape index (κ3) is 6.63. The molecular weight excluding hydrogens is 372 g/mol. The number of amides is 1. The molecule has 0 aromatic heterocycles. The van der Waals surface area contributed by atoms with E-state index < -0.39 is 4.92 Å². The summed E-state index contributed by atoms with van der Waals surface area (Å²) in [5, 5.41) is 13.8. The minimum Gasteiger partial charge on any atom is -0.326 e. The van der Waals surface area contributed by atoms with Crippen molar-refractivity contribution in [2.45, 2.75) is 25.7 Å². The second-order valence-corrected chi connectivity index (χ2v) is 6.29. The largest absolute Gasteiger partial charge is 0.326 e. The van der Waals surface area contributed by atoms with Gasteiger partial charge in [0.05, 0.1) is 11.3 Å². The van der Waals surface area contributed by atoms with Gasteiger partial charge in [-0.2, -0.15) is 0 Å². The molecule has 2 aromatic rings. The maximum atomic E-state index is 12.0. The van der Waals surface area contributed by atoms with Crippen LogP contribution in [0.5, 0.6) is 0 Å². The van der Waals surface area contributed by atoms with Gasteiger partial charge in [-0.1, -0.05) is 17.7 Å². The van der Waals surface area contributed by atoms with Gasteiger partial charge in [0, 0.05) is 41.2 Å². The van der Waals surface area contributed by atoms with Gasteiger partial charge in [-0.3, -0.25) is 24.5 Å². The van der Waals surface area contributed by atoms with Crippen LogP contribution in [-0.2, 0) is 9.59 Å². The average molecular weight is 389 g/mol. The molecule has 0 fully saturated rings. The van der Waals surface area contributed by atoms with E-state index >= 15 is 0 Å². The number of nitro groups is 1. The van der Waals surface area contributed by atoms with Crippen molar-refractivity contribution >= 4 is 40.4 Å². The summed E-state index contributed by atoms with van der Waals surface area (Å²) in [5.41, 5.74) is 0.610. The van der Waals surface area contributed by atoms with E-state index in [1.807, 2.05) is 0 Å². The molecule has 0 atom stereocenters. The fourth-order valence-electron chi connectivity index (χ4n) is 2.37. The molecule has 2 rings (SSSR count). The lowest BCUT2D eigenvalue weighted by Crippen LogP contribution is -2.13. The predicted octanol–water partition coefficient (Wildman–Crippen LogP) is 4.20. The number of nitrogens with one attached hydrogen (secondary N) is 1. The molecule has 0 radical (unpaired) electrons. The lowest BCUT2D eigenvalue weighted by atomic mass is 10.0. The Morgan fingerprint density at radius 3 is 2.41 bits per heavy atom. The van der Waals surface area contributed by atoms with Crippen molar-refractivity contribution in [1.82, 2.24) is 0 Å². The fourth-order valence-corrected chi connectivity index (χ4v) is 2.50. The number of halogens is 1. The number of nitro benzene ring substituents is 1. The SMILES string of the molecule is O=C(CCCC(=O)Nc1cccc([N+](=O)[O-])c1)CC(=O)c1ccc(Cl)cc1. The van der Waals surface area contributed by atoms with E-state index in [0.717, 1.165) is 0 Å². The lowest BCUT2D eigenvalue weighted by Gasteiger charge is -2.05. The van der Waals surface area contributed by atoms with Gasteiger partial charge in [-0.15, -0.1) is 0 Å². The summed E-state index contributed by atoms with van der Waals surface area (Å²) in [6.45, 7) is 0. The van der Waals surface area contributed by atoms with Crippen molar-refractivity contribution in [3.8, 4) is 0 Å². The highest BCUT2D eigenvalue weighted by Crippen LogP contribution is 2.17. The van der Waals surface area contributed by atoms with Crippen LogP contribution in [0.25, 0.3) is 0 Å². The molecule has 0 saturated carbocycles. The van der Waals surface area contributed by atoms with Gasteiger partial charge in [0.1, 0.15) is 5.78 Å². The van der Waals surface area contributed by atoms with E-state index in [4.69, 9.17) is 11.6 Å². The molecule has 0 spiro atoms. The highest BCUT2D eigenvalue weighted by atomic mass is 35.5. The Kier molecular flexibility index (Phi) is 7.19. The molecule has 0 heterocycles. The van der Waals surface area contributed by atoms with E-state index in [1.165, 1.54) is 18.2 Å². The first-order valence-corrected chi connectivity index (χ1v) is 8.58. The van der Waals surface area contributed by atoms with Crippen LogP contribution in [0.3, 0.4) is 0 Å². The molecular formula is C19H17ClN2O5. The second-order valence-electron chi connectivity index (χ2n) is 5.85. The topological polar surface area (TPSA) is 106 Å². The Balaban J connectivity index is 1.75. The van der Waals surface area contributed by atoms with Crippen LogP contribution in [0.4, 0.5) is 11.4 Å². The smallest absolute Gasteiger partial charge is 0.271 e. The Labute approximate surface area is 160 Å². The number of hydrogen-bond acceptors (Lipinski definition) is 5. The molecule has 0 bridgehead atoms. The summed E-state index contributed by atoms with van der Waals surface area (Å²) in [6, 6.07) is 11.9. The Morgan fingerprint density at radius 2 is 1.74 bits per heavy atom. The summed E-state index contributed by atoms with van der Waals surface area (Å²) in [6.07, 6.45) is 0.229. The number of ketones is 2. The number of benzene rings is 2. The molecule has 2 aromatic carbocycles. The van der Waals surface area contributed by atoms with Gasteiger partial charge < -0.3 is 5.32 Å². The number of anilines is 1. The molecule has 140 valence electrons. The number of hydrogen-bond donors (Lipinski definition) is 1. The maximum absolute atomic E-state index is 12.0. The number of nitrogens with zero attached hydrogens (tertiary/aromatic N) is 1. The fraction of sp³-hybridized carbons (Fsp3) is 0.211. The van der Waals surface area contributed by atoms with Crippen molar-refractivity contribution in [2.75, 3.05) is 5.32 Å². The first kappa shape index (κ1) is 20.3. The van der Waals surface area contributed by atoms with Crippen molar-refractivity contribution in [1.29, 1.82) is 0 Å². The van der Waals surface area contributed by atoms with E-state index in [9.17, 15) is 24.5 Å². The normalized spacial score (nSPS) is 10.3. The maximum Gasteiger partial charge on any atom is 0.271 e. The average Bonchev–Trinajstić information content (AvgIpc) is 2.62. The van der Waals surface area contributed by atoms with Gasteiger partial charge in [0.2, 0.25) is 5.91 Å². The first-order valence-electron chi connectivity index (χ1n) is 8.20. The number of carbonyl (C=O) groups excluding carboxylic acids is 3. The zero-order valence-corrected chi connectivity index (χ0v) is 15.1. The Bertz CT molecular complexity index is 865. The summed E-state index contributed by atoms with van der Waals surface area (Å²) in [5.74, 6) is -0.900. The third-order valence-electron chi connectivity index (χ3n) is 3.72. The van der Waals surface area contributed by atoms with Crippen molar-refractivity contribution < 1.29 is 19.3 Å². The van der Waals surface area contributed by atoms with Gasteiger partial charge in [0.25, 0.3) is 5.69 Å². The molecule has 0 aliphatic rings. The molecule has 0 aliphatic heterocycles. The summed E-state index contributed by atoms with van der Waals surface area (Å²) in [4.78, 5) is 45.9. The molecule has 0 saturated heterocycles. The minimum atomic E-state index is -0.550. The minimum absolute atomic E-state index is 0.0730. The quantitative estimate of drug-likeness (QED) is 0.300. The summed E-state index contributed by atoms with van der Waals surface area (Å²) >= 11 is 5.75. The highest BCUT2D eigenvalue weighted by molar-refractivity contribution is 6.30. The number of carbonyl (C=O) groups is 3. The Morgan fingerprint density at radius 1 is 1.04 bits per heavy atom. The van der Waals surface area contributed by atoms with Gasteiger partial charge >= 0.3 is 0 Å². The van der Waals surface area contributed by atoms with E-state index in [0.29, 0.717) is 16.3 Å². The summed E-state index contributed by atoms with van der Waals surface area (Å²) in [7, 11) is 0. The molecule has 8 heteroatoms. The van der Waals surface area contributed by atoms with E-state index in [2.05, 4.69) is 5.32 Å². The van der Waals surface area contributed by atoms with Gasteiger partial charge in [-0.25, -0.2) is 0 Å². The van der Waals surface area contributed by atoms with Crippen molar-refractivity contribution in [3.05, 3.63) is 69.2 Å². The van der Waals surface area contributed by atoms with Crippen LogP contribution >= 0.6 is 11.6 Å². The van der Waals surface area contributed by atoms with E-state index in [1.54, 1.807) is 30.3 Å². The van der Waals surface area contributed by atoms with Gasteiger partial charge in [-0.05, 0) is 36.8 Å². The van der Waals surface area contributed by atoms with Crippen LogP contribution in [0.2, 0.25) is 5.02 Å². The van der Waals surface area contributed by atoms with Crippen LogP contribution < -0.4 is 5.32 Å². The summed E-state index contributed by atoms with van der Waals surface area (Å²) < 4.78 is 0. The van der Waals surface area contributed by atoms with Crippen LogP contribution in [0.15, 0.2) is 48.5 Å². The van der Waals surface area contributed by atoms with Crippen LogP contribution in [0, 0.1) is 10.1 Å².